The Morgan fingerprint density at radius 1 is 1.00 bits per heavy atom. The molecule has 0 amide bonds. The highest BCUT2D eigenvalue weighted by molar-refractivity contribution is 7.99. The Kier molecular flexibility index (Phi) is 4.15. The molecule has 2 atom stereocenters. The van der Waals surface area contributed by atoms with Gasteiger partial charge in [0.25, 0.3) is 0 Å². The van der Waals surface area contributed by atoms with Gasteiger partial charge in [0.05, 0.1) is 5.38 Å². The van der Waals surface area contributed by atoms with Crippen molar-refractivity contribution in [2.45, 2.75) is 23.1 Å². The molecule has 19 heavy (non-hydrogen) atoms. The fourth-order valence-electron chi connectivity index (χ4n) is 2.72. The number of benzene rings is 2. The first kappa shape index (κ1) is 13.1. The van der Waals surface area contributed by atoms with E-state index in [0.29, 0.717) is 5.92 Å². The van der Waals surface area contributed by atoms with Crippen molar-refractivity contribution in [3.63, 3.8) is 0 Å². The molecular weight excluding hydrogens is 272 g/mol. The number of halogens is 1. The first-order valence-electron chi connectivity index (χ1n) is 6.74. The van der Waals surface area contributed by atoms with Crippen LogP contribution in [0.4, 0.5) is 0 Å². The van der Waals surface area contributed by atoms with E-state index in [2.05, 4.69) is 54.6 Å². The summed E-state index contributed by atoms with van der Waals surface area (Å²) in [5.74, 6) is 1.74. The molecule has 3 rings (SSSR count). The van der Waals surface area contributed by atoms with Gasteiger partial charge in [-0.2, -0.15) is 0 Å². The van der Waals surface area contributed by atoms with E-state index >= 15 is 0 Å². The summed E-state index contributed by atoms with van der Waals surface area (Å²) in [4.78, 5) is 1.35. The Balaban J connectivity index is 1.55. The van der Waals surface area contributed by atoms with E-state index in [1.807, 2.05) is 11.8 Å². The SMILES string of the molecule is ClC1c2ccccc2CC1CCSc1ccccc1. The van der Waals surface area contributed by atoms with Crippen molar-refractivity contribution < 1.29 is 0 Å². The molecule has 0 spiro atoms. The summed E-state index contributed by atoms with van der Waals surface area (Å²) in [7, 11) is 0. The van der Waals surface area contributed by atoms with E-state index in [1.165, 1.54) is 22.4 Å². The van der Waals surface area contributed by atoms with Gasteiger partial charge in [-0.1, -0.05) is 42.5 Å². The third-order valence-corrected chi connectivity index (χ3v) is 5.39. The summed E-state index contributed by atoms with van der Waals surface area (Å²) in [6.07, 6.45) is 2.32. The summed E-state index contributed by atoms with van der Waals surface area (Å²) in [5.41, 5.74) is 2.79. The van der Waals surface area contributed by atoms with Crippen LogP contribution in [0, 0.1) is 5.92 Å². The van der Waals surface area contributed by atoms with Gasteiger partial charge in [-0.05, 0) is 47.8 Å². The zero-order valence-corrected chi connectivity index (χ0v) is 12.3. The molecule has 1 aliphatic carbocycles. The number of alkyl halides is 1. The van der Waals surface area contributed by atoms with Crippen LogP contribution in [-0.2, 0) is 6.42 Å². The molecule has 2 aromatic carbocycles. The number of hydrogen-bond donors (Lipinski definition) is 0. The number of thioether (sulfide) groups is 1. The van der Waals surface area contributed by atoms with E-state index in [0.717, 1.165) is 12.2 Å². The third-order valence-electron chi connectivity index (χ3n) is 3.75. The number of hydrogen-bond acceptors (Lipinski definition) is 1. The van der Waals surface area contributed by atoms with Gasteiger partial charge in [-0.25, -0.2) is 0 Å². The van der Waals surface area contributed by atoms with Crippen molar-refractivity contribution in [2.24, 2.45) is 5.92 Å². The maximum atomic E-state index is 6.58. The fraction of sp³-hybridized carbons (Fsp3) is 0.294. The molecule has 2 heteroatoms. The molecule has 0 nitrogen and oxygen atoms in total. The van der Waals surface area contributed by atoms with Crippen molar-refractivity contribution in [3.8, 4) is 0 Å². The minimum absolute atomic E-state index is 0.201. The Labute approximate surface area is 124 Å². The van der Waals surface area contributed by atoms with E-state index in [4.69, 9.17) is 11.6 Å². The highest BCUT2D eigenvalue weighted by atomic mass is 35.5. The third kappa shape index (κ3) is 2.98. The average molecular weight is 289 g/mol. The van der Waals surface area contributed by atoms with Crippen molar-refractivity contribution in [2.75, 3.05) is 5.75 Å². The van der Waals surface area contributed by atoms with Gasteiger partial charge < -0.3 is 0 Å². The number of rotatable bonds is 4. The molecule has 0 fully saturated rings. The Hall–Kier alpha value is -0.920. The van der Waals surface area contributed by atoms with Crippen LogP contribution >= 0.6 is 23.4 Å². The summed E-state index contributed by atoms with van der Waals surface area (Å²) in [5, 5.41) is 0.201. The van der Waals surface area contributed by atoms with Crippen LogP contribution in [0.1, 0.15) is 22.9 Å². The Bertz CT molecular complexity index is 538. The summed E-state index contributed by atoms with van der Waals surface area (Å²) < 4.78 is 0. The van der Waals surface area contributed by atoms with E-state index in [-0.39, 0.29) is 5.38 Å². The highest BCUT2D eigenvalue weighted by Gasteiger charge is 2.29. The van der Waals surface area contributed by atoms with Gasteiger partial charge in [0.2, 0.25) is 0 Å². The first-order valence-corrected chi connectivity index (χ1v) is 8.16. The summed E-state index contributed by atoms with van der Waals surface area (Å²) >= 11 is 8.51. The van der Waals surface area contributed by atoms with Crippen molar-refractivity contribution in [1.29, 1.82) is 0 Å². The van der Waals surface area contributed by atoms with Crippen molar-refractivity contribution >= 4 is 23.4 Å². The Morgan fingerprint density at radius 3 is 2.53 bits per heavy atom. The maximum absolute atomic E-state index is 6.58. The predicted octanol–water partition coefficient (Wildman–Crippen LogP) is 5.32. The first-order chi connectivity index (χ1) is 9.34. The normalized spacial score (nSPS) is 21.3. The van der Waals surface area contributed by atoms with Gasteiger partial charge in [0, 0.05) is 4.90 Å². The van der Waals surface area contributed by atoms with Crippen LogP contribution in [0.25, 0.3) is 0 Å². The smallest absolute Gasteiger partial charge is 0.0619 e. The molecule has 0 aliphatic heterocycles. The lowest BCUT2D eigenvalue weighted by molar-refractivity contribution is 0.532. The molecule has 2 unspecified atom stereocenters. The molecule has 2 aromatic rings. The van der Waals surface area contributed by atoms with E-state index in [9.17, 15) is 0 Å². The molecule has 0 radical (unpaired) electrons. The summed E-state index contributed by atoms with van der Waals surface area (Å²) in [6.45, 7) is 0. The van der Waals surface area contributed by atoms with Crippen LogP contribution in [0.15, 0.2) is 59.5 Å². The fourth-order valence-corrected chi connectivity index (χ4v) is 4.16. The van der Waals surface area contributed by atoms with Gasteiger partial charge in [0.1, 0.15) is 0 Å². The lowest BCUT2D eigenvalue weighted by atomic mass is 10.0. The molecule has 98 valence electrons. The second-order valence-corrected chi connectivity index (χ2v) is 6.65. The predicted molar refractivity (Wildman–Crippen MR) is 84.0 cm³/mol. The molecular formula is C17H17ClS. The quantitative estimate of drug-likeness (QED) is 0.542. The molecule has 1 aliphatic rings. The minimum Gasteiger partial charge on any atom is -0.126 e. The molecule has 0 saturated carbocycles. The van der Waals surface area contributed by atoms with Crippen LogP contribution in [0.3, 0.4) is 0 Å². The molecule has 0 N–H and O–H groups in total. The van der Waals surface area contributed by atoms with Crippen molar-refractivity contribution in [3.05, 3.63) is 65.7 Å². The molecule has 0 aromatic heterocycles. The molecule has 0 bridgehead atoms. The lowest BCUT2D eigenvalue weighted by Gasteiger charge is -2.13. The van der Waals surface area contributed by atoms with E-state index < -0.39 is 0 Å². The topological polar surface area (TPSA) is 0 Å². The maximum Gasteiger partial charge on any atom is 0.0619 e. The van der Waals surface area contributed by atoms with Crippen LogP contribution in [0.5, 0.6) is 0 Å². The highest BCUT2D eigenvalue weighted by Crippen LogP contribution is 2.42. The van der Waals surface area contributed by atoms with Crippen molar-refractivity contribution in [1.82, 2.24) is 0 Å². The Morgan fingerprint density at radius 2 is 1.74 bits per heavy atom. The van der Waals surface area contributed by atoms with Gasteiger partial charge >= 0.3 is 0 Å². The zero-order chi connectivity index (χ0) is 13.1. The second kappa shape index (κ2) is 6.02. The van der Waals surface area contributed by atoms with Gasteiger partial charge in [-0.15, -0.1) is 23.4 Å². The minimum atomic E-state index is 0.201. The van der Waals surface area contributed by atoms with Gasteiger partial charge in [-0.3, -0.25) is 0 Å². The molecule has 0 heterocycles. The average Bonchev–Trinajstić information content (AvgIpc) is 2.78. The number of fused-ring (bicyclic) bond motifs is 1. The lowest BCUT2D eigenvalue weighted by Crippen LogP contribution is -2.03. The monoisotopic (exact) mass is 288 g/mol. The van der Waals surface area contributed by atoms with Crippen LogP contribution in [0.2, 0.25) is 0 Å². The second-order valence-electron chi connectivity index (χ2n) is 5.01. The van der Waals surface area contributed by atoms with Crippen LogP contribution < -0.4 is 0 Å². The van der Waals surface area contributed by atoms with E-state index in [1.54, 1.807) is 0 Å². The van der Waals surface area contributed by atoms with Gasteiger partial charge in [0.15, 0.2) is 0 Å². The largest absolute Gasteiger partial charge is 0.126 e. The standard InChI is InChI=1S/C17H17ClS/c18-17-14(12-13-6-4-5-9-16(13)17)10-11-19-15-7-2-1-3-8-15/h1-9,14,17H,10-12H2. The summed E-state index contributed by atoms with van der Waals surface area (Å²) in [6, 6.07) is 19.2. The van der Waals surface area contributed by atoms with Crippen LogP contribution in [-0.4, -0.2) is 5.75 Å². The molecule has 0 saturated heterocycles. The zero-order valence-electron chi connectivity index (χ0n) is 10.8.